The molecule has 0 bridgehead atoms. The highest BCUT2D eigenvalue weighted by atomic mass is 15.2. The maximum absolute atomic E-state index is 4.71. The van der Waals surface area contributed by atoms with Crippen LogP contribution in [0.25, 0.3) is 10.9 Å². The van der Waals surface area contributed by atoms with Crippen LogP contribution in [-0.4, -0.2) is 54.6 Å². The smallest absolute Gasteiger partial charge is 0.191 e. The highest BCUT2D eigenvalue weighted by molar-refractivity contribution is 5.83. The molecular formula is C20H33N5. The van der Waals surface area contributed by atoms with Gasteiger partial charge in [-0.1, -0.05) is 25.1 Å². The quantitative estimate of drug-likeness (QED) is 0.485. The molecule has 2 rings (SSSR count). The summed E-state index contributed by atoms with van der Waals surface area (Å²) in [5.41, 5.74) is 2.54. The van der Waals surface area contributed by atoms with Crippen LogP contribution >= 0.6 is 0 Å². The summed E-state index contributed by atoms with van der Waals surface area (Å²) >= 11 is 0. The van der Waals surface area contributed by atoms with Gasteiger partial charge in [-0.15, -0.1) is 0 Å². The number of aliphatic imine (C=N–C) groups is 1. The number of benzene rings is 1. The average molecular weight is 344 g/mol. The van der Waals surface area contributed by atoms with E-state index in [4.69, 9.17) is 4.99 Å². The van der Waals surface area contributed by atoms with Crippen LogP contribution in [0.5, 0.6) is 0 Å². The molecule has 0 saturated heterocycles. The van der Waals surface area contributed by atoms with Crippen molar-refractivity contribution in [2.75, 3.05) is 32.7 Å². The predicted octanol–water partition coefficient (Wildman–Crippen LogP) is 3.00. The lowest BCUT2D eigenvalue weighted by Gasteiger charge is -2.23. The van der Waals surface area contributed by atoms with E-state index >= 15 is 0 Å². The number of hydrogen-bond donors (Lipinski definition) is 3. The van der Waals surface area contributed by atoms with Gasteiger partial charge in [0.2, 0.25) is 0 Å². The van der Waals surface area contributed by atoms with Crippen molar-refractivity contribution in [3.8, 4) is 0 Å². The van der Waals surface area contributed by atoms with Gasteiger partial charge >= 0.3 is 0 Å². The Hall–Kier alpha value is -2.01. The molecule has 5 heteroatoms. The van der Waals surface area contributed by atoms with E-state index in [1.165, 1.54) is 16.5 Å². The van der Waals surface area contributed by atoms with Crippen LogP contribution in [0.2, 0.25) is 0 Å². The van der Waals surface area contributed by atoms with Gasteiger partial charge in [0.25, 0.3) is 0 Å². The minimum Gasteiger partial charge on any atom is -0.361 e. The van der Waals surface area contributed by atoms with Gasteiger partial charge in [0.05, 0.1) is 6.54 Å². The molecular weight excluding hydrogens is 310 g/mol. The van der Waals surface area contributed by atoms with E-state index in [-0.39, 0.29) is 0 Å². The Balaban J connectivity index is 1.85. The van der Waals surface area contributed by atoms with Crippen molar-refractivity contribution in [1.82, 2.24) is 20.5 Å². The van der Waals surface area contributed by atoms with Crippen LogP contribution in [0, 0.1) is 0 Å². The number of H-pyrrole nitrogens is 1. The second kappa shape index (κ2) is 10.1. The Bertz CT molecular complexity index is 659. The van der Waals surface area contributed by atoms with E-state index in [0.717, 1.165) is 45.1 Å². The Morgan fingerprint density at radius 1 is 1.20 bits per heavy atom. The van der Waals surface area contributed by atoms with Crippen molar-refractivity contribution < 1.29 is 0 Å². The van der Waals surface area contributed by atoms with Crippen LogP contribution in [-0.2, 0) is 6.42 Å². The van der Waals surface area contributed by atoms with E-state index in [2.05, 4.69) is 78.7 Å². The van der Waals surface area contributed by atoms with E-state index in [0.29, 0.717) is 6.04 Å². The second-order valence-corrected chi connectivity index (χ2v) is 6.52. The third-order valence-electron chi connectivity index (χ3n) is 4.50. The molecule has 0 unspecified atom stereocenters. The van der Waals surface area contributed by atoms with Crippen molar-refractivity contribution >= 4 is 16.9 Å². The monoisotopic (exact) mass is 343 g/mol. The Morgan fingerprint density at radius 2 is 2.00 bits per heavy atom. The molecule has 0 saturated carbocycles. The fourth-order valence-electron chi connectivity index (χ4n) is 3.07. The first-order chi connectivity index (χ1) is 12.2. The largest absolute Gasteiger partial charge is 0.361 e. The van der Waals surface area contributed by atoms with Crippen molar-refractivity contribution in [2.45, 2.75) is 40.2 Å². The van der Waals surface area contributed by atoms with Crippen LogP contribution in [0.15, 0.2) is 35.5 Å². The molecule has 0 aliphatic heterocycles. The number of guanidine groups is 1. The van der Waals surface area contributed by atoms with E-state index in [1.807, 2.05) is 0 Å². The molecule has 5 nitrogen and oxygen atoms in total. The number of aromatic nitrogens is 1. The Kier molecular flexibility index (Phi) is 7.79. The van der Waals surface area contributed by atoms with Crippen molar-refractivity contribution in [2.24, 2.45) is 4.99 Å². The third-order valence-corrected chi connectivity index (χ3v) is 4.50. The number of nitrogens with one attached hydrogen (secondary N) is 3. The molecule has 138 valence electrons. The lowest BCUT2D eigenvalue weighted by molar-refractivity contribution is 0.240. The molecule has 1 aromatic heterocycles. The number of fused-ring (bicyclic) bond motifs is 1. The molecule has 0 spiro atoms. The maximum Gasteiger partial charge on any atom is 0.191 e. The molecule has 0 radical (unpaired) electrons. The summed E-state index contributed by atoms with van der Waals surface area (Å²) in [6, 6.07) is 9.01. The Morgan fingerprint density at radius 3 is 2.72 bits per heavy atom. The SMILES string of the molecule is CCNC(=NCCN(CC)C(C)C)NCCc1c[nH]c2ccccc12. The molecule has 0 atom stereocenters. The fourth-order valence-corrected chi connectivity index (χ4v) is 3.07. The number of rotatable bonds is 9. The molecule has 2 aromatic rings. The molecule has 1 heterocycles. The second-order valence-electron chi connectivity index (χ2n) is 6.52. The summed E-state index contributed by atoms with van der Waals surface area (Å²) in [4.78, 5) is 10.5. The number of nitrogens with zero attached hydrogens (tertiary/aromatic N) is 2. The average Bonchev–Trinajstić information content (AvgIpc) is 3.01. The van der Waals surface area contributed by atoms with E-state index < -0.39 is 0 Å². The number of hydrogen-bond acceptors (Lipinski definition) is 2. The summed E-state index contributed by atoms with van der Waals surface area (Å²) in [6.45, 7) is 13.4. The fraction of sp³-hybridized carbons (Fsp3) is 0.550. The lowest BCUT2D eigenvalue weighted by Crippen LogP contribution is -2.39. The van der Waals surface area contributed by atoms with Crippen molar-refractivity contribution in [1.29, 1.82) is 0 Å². The van der Waals surface area contributed by atoms with Gasteiger partial charge in [-0.2, -0.15) is 0 Å². The first-order valence-electron chi connectivity index (χ1n) is 9.46. The highest BCUT2D eigenvalue weighted by Crippen LogP contribution is 2.17. The van der Waals surface area contributed by atoms with Crippen LogP contribution < -0.4 is 10.6 Å². The van der Waals surface area contributed by atoms with Gasteiger partial charge in [-0.3, -0.25) is 9.89 Å². The van der Waals surface area contributed by atoms with Crippen molar-refractivity contribution in [3.63, 3.8) is 0 Å². The van der Waals surface area contributed by atoms with Crippen LogP contribution in [0.4, 0.5) is 0 Å². The van der Waals surface area contributed by atoms with E-state index in [9.17, 15) is 0 Å². The van der Waals surface area contributed by atoms with E-state index in [1.54, 1.807) is 0 Å². The summed E-state index contributed by atoms with van der Waals surface area (Å²) < 4.78 is 0. The summed E-state index contributed by atoms with van der Waals surface area (Å²) in [6.07, 6.45) is 3.08. The summed E-state index contributed by atoms with van der Waals surface area (Å²) in [7, 11) is 0. The standard InChI is InChI=1S/C20H33N5/c1-5-21-20(23-13-14-25(6-2)16(3)4)22-12-11-17-15-24-19-10-8-7-9-18(17)19/h7-10,15-16,24H,5-6,11-14H2,1-4H3,(H2,21,22,23). The number of aromatic amines is 1. The zero-order valence-corrected chi connectivity index (χ0v) is 16.1. The first kappa shape index (κ1) is 19.3. The van der Waals surface area contributed by atoms with Gasteiger partial charge in [0.15, 0.2) is 5.96 Å². The van der Waals surface area contributed by atoms with Crippen LogP contribution in [0.3, 0.4) is 0 Å². The first-order valence-corrected chi connectivity index (χ1v) is 9.46. The third kappa shape index (κ3) is 5.78. The summed E-state index contributed by atoms with van der Waals surface area (Å²) in [5.74, 6) is 0.905. The molecule has 0 fully saturated rings. The molecule has 0 aliphatic rings. The normalized spacial score (nSPS) is 12.3. The lowest BCUT2D eigenvalue weighted by atomic mass is 10.1. The molecule has 3 N–H and O–H groups in total. The zero-order valence-electron chi connectivity index (χ0n) is 16.1. The topological polar surface area (TPSA) is 55.5 Å². The molecule has 1 aromatic carbocycles. The van der Waals surface area contributed by atoms with Crippen molar-refractivity contribution in [3.05, 3.63) is 36.0 Å². The number of likely N-dealkylation sites (N-methyl/N-ethyl adjacent to an activating group) is 1. The Labute approximate surface area is 151 Å². The van der Waals surface area contributed by atoms with Gasteiger partial charge < -0.3 is 15.6 Å². The van der Waals surface area contributed by atoms with Gasteiger partial charge in [0.1, 0.15) is 0 Å². The van der Waals surface area contributed by atoms with Gasteiger partial charge in [-0.25, -0.2) is 0 Å². The summed E-state index contributed by atoms with van der Waals surface area (Å²) in [5, 5.41) is 8.09. The molecule has 0 aliphatic carbocycles. The van der Waals surface area contributed by atoms with Gasteiger partial charge in [-0.05, 0) is 45.4 Å². The molecule has 0 amide bonds. The number of para-hydroxylation sites is 1. The van der Waals surface area contributed by atoms with Crippen LogP contribution in [0.1, 0.15) is 33.3 Å². The van der Waals surface area contributed by atoms with Gasteiger partial charge in [0, 0.05) is 42.8 Å². The zero-order chi connectivity index (χ0) is 18.1. The minimum atomic E-state index is 0.567. The minimum absolute atomic E-state index is 0.567. The maximum atomic E-state index is 4.71. The predicted molar refractivity (Wildman–Crippen MR) is 108 cm³/mol. The highest BCUT2D eigenvalue weighted by Gasteiger charge is 2.06. The molecule has 25 heavy (non-hydrogen) atoms.